The minimum Gasteiger partial charge on any atom is -0.349 e. The molecule has 0 aliphatic carbocycles. The summed E-state index contributed by atoms with van der Waals surface area (Å²) in [7, 11) is 0. The Morgan fingerprint density at radius 1 is 1.30 bits per heavy atom. The van der Waals surface area contributed by atoms with Crippen molar-refractivity contribution in [2.75, 3.05) is 6.54 Å². The lowest BCUT2D eigenvalue weighted by atomic mass is 9.85. The fourth-order valence-corrected chi connectivity index (χ4v) is 2.09. The summed E-state index contributed by atoms with van der Waals surface area (Å²) >= 11 is 0. The van der Waals surface area contributed by atoms with Gasteiger partial charge in [0.25, 0.3) is 0 Å². The van der Waals surface area contributed by atoms with Gasteiger partial charge < -0.3 is 11.1 Å². The van der Waals surface area contributed by atoms with Crippen LogP contribution in [0.2, 0.25) is 0 Å². The quantitative estimate of drug-likeness (QED) is 0.841. The molecule has 0 radical (unpaired) electrons. The fraction of sp³-hybridized carbons (Fsp3) is 0.562. The Hall–Kier alpha value is -1.42. The molecular formula is C16H25FN2O. The maximum Gasteiger partial charge on any atom is 0.220 e. The van der Waals surface area contributed by atoms with Gasteiger partial charge in [0, 0.05) is 6.42 Å². The Morgan fingerprint density at radius 3 is 2.40 bits per heavy atom. The zero-order valence-corrected chi connectivity index (χ0v) is 12.6. The van der Waals surface area contributed by atoms with E-state index in [0.717, 1.165) is 12.0 Å². The maximum atomic E-state index is 13.0. The summed E-state index contributed by atoms with van der Waals surface area (Å²) in [4.78, 5) is 11.9. The van der Waals surface area contributed by atoms with Gasteiger partial charge in [0.2, 0.25) is 5.91 Å². The number of hydrogen-bond donors (Lipinski definition) is 2. The maximum absolute atomic E-state index is 13.0. The van der Waals surface area contributed by atoms with Crippen LogP contribution in [0, 0.1) is 11.2 Å². The molecule has 20 heavy (non-hydrogen) atoms. The SMILES string of the molecule is CC(C)(C)CC(NC(=O)CCCN)c1ccc(F)cc1. The number of nitrogens with one attached hydrogen (secondary N) is 1. The lowest BCUT2D eigenvalue weighted by molar-refractivity contribution is -0.122. The average Bonchev–Trinajstić information content (AvgIpc) is 2.35. The normalized spacial score (nSPS) is 13.1. The summed E-state index contributed by atoms with van der Waals surface area (Å²) in [6.07, 6.45) is 1.91. The monoisotopic (exact) mass is 280 g/mol. The number of carbonyl (C=O) groups excluding carboxylic acids is 1. The number of nitrogens with two attached hydrogens (primary N) is 1. The molecule has 3 nitrogen and oxygen atoms in total. The van der Waals surface area contributed by atoms with Gasteiger partial charge in [0.05, 0.1) is 6.04 Å². The van der Waals surface area contributed by atoms with Crippen LogP contribution in [0.1, 0.15) is 51.6 Å². The largest absolute Gasteiger partial charge is 0.349 e. The summed E-state index contributed by atoms with van der Waals surface area (Å²) in [6, 6.07) is 6.22. The van der Waals surface area contributed by atoms with Gasteiger partial charge in [0.15, 0.2) is 0 Å². The molecule has 1 amide bonds. The van der Waals surface area contributed by atoms with Crippen LogP contribution in [0.4, 0.5) is 4.39 Å². The molecule has 0 bridgehead atoms. The van der Waals surface area contributed by atoms with E-state index in [1.165, 1.54) is 12.1 Å². The minimum atomic E-state index is -0.266. The van der Waals surface area contributed by atoms with Crippen molar-refractivity contribution < 1.29 is 9.18 Å². The van der Waals surface area contributed by atoms with Gasteiger partial charge in [-0.25, -0.2) is 4.39 Å². The van der Waals surface area contributed by atoms with Crippen LogP contribution in [-0.2, 0) is 4.79 Å². The van der Waals surface area contributed by atoms with Crippen LogP contribution >= 0.6 is 0 Å². The summed E-state index contributed by atoms with van der Waals surface area (Å²) in [6.45, 7) is 6.87. The molecule has 1 aromatic rings. The molecule has 0 spiro atoms. The number of hydrogen-bond acceptors (Lipinski definition) is 2. The predicted molar refractivity (Wildman–Crippen MR) is 79.6 cm³/mol. The Balaban J connectivity index is 2.80. The molecule has 0 aromatic heterocycles. The number of benzene rings is 1. The van der Waals surface area contributed by atoms with Crippen LogP contribution in [0.5, 0.6) is 0 Å². The van der Waals surface area contributed by atoms with E-state index in [1.807, 2.05) is 0 Å². The molecular weight excluding hydrogens is 255 g/mol. The minimum absolute atomic E-state index is 0.00553. The van der Waals surface area contributed by atoms with Gasteiger partial charge in [-0.1, -0.05) is 32.9 Å². The molecule has 0 saturated carbocycles. The van der Waals surface area contributed by atoms with E-state index in [9.17, 15) is 9.18 Å². The van der Waals surface area contributed by atoms with Gasteiger partial charge >= 0.3 is 0 Å². The van der Waals surface area contributed by atoms with Crippen molar-refractivity contribution in [2.24, 2.45) is 11.1 Å². The van der Waals surface area contributed by atoms with Gasteiger partial charge in [-0.15, -0.1) is 0 Å². The number of carbonyl (C=O) groups is 1. The molecule has 0 heterocycles. The number of rotatable bonds is 6. The van der Waals surface area contributed by atoms with Crippen LogP contribution in [-0.4, -0.2) is 12.5 Å². The predicted octanol–water partition coefficient (Wildman–Crippen LogP) is 3.16. The highest BCUT2D eigenvalue weighted by atomic mass is 19.1. The van der Waals surface area contributed by atoms with Gasteiger partial charge in [-0.3, -0.25) is 4.79 Å². The number of amides is 1. The molecule has 112 valence electrons. The van der Waals surface area contributed by atoms with Crippen molar-refractivity contribution in [3.05, 3.63) is 35.6 Å². The third kappa shape index (κ3) is 6.15. The first-order valence-electron chi connectivity index (χ1n) is 7.07. The second-order valence-corrected chi connectivity index (χ2v) is 6.33. The van der Waals surface area contributed by atoms with Gasteiger partial charge in [-0.2, -0.15) is 0 Å². The van der Waals surface area contributed by atoms with Crippen LogP contribution < -0.4 is 11.1 Å². The first kappa shape index (κ1) is 16.6. The lowest BCUT2D eigenvalue weighted by Crippen LogP contribution is -2.31. The van der Waals surface area contributed by atoms with Gasteiger partial charge in [-0.05, 0) is 42.5 Å². The number of halogens is 1. The Kier molecular flexibility index (Phi) is 6.14. The molecule has 3 N–H and O–H groups in total. The van der Waals surface area contributed by atoms with Crippen molar-refractivity contribution in [2.45, 2.75) is 46.1 Å². The zero-order valence-electron chi connectivity index (χ0n) is 12.6. The third-order valence-electron chi connectivity index (χ3n) is 3.03. The van der Waals surface area contributed by atoms with Crippen LogP contribution in [0.3, 0.4) is 0 Å². The summed E-state index contributed by atoms with van der Waals surface area (Å²) in [5.41, 5.74) is 6.42. The Bertz CT molecular complexity index is 423. The topological polar surface area (TPSA) is 55.1 Å². The smallest absolute Gasteiger partial charge is 0.220 e. The summed E-state index contributed by atoms with van der Waals surface area (Å²) < 4.78 is 13.0. The van der Waals surface area contributed by atoms with Crippen molar-refractivity contribution in [1.29, 1.82) is 0 Å². The highest BCUT2D eigenvalue weighted by molar-refractivity contribution is 5.76. The molecule has 0 aliphatic heterocycles. The second kappa shape index (κ2) is 7.39. The molecule has 0 fully saturated rings. The highest BCUT2D eigenvalue weighted by Crippen LogP contribution is 2.29. The van der Waals surface area contributed by atoms with E-state index >= 15 is 0 Å². The summed E-state index contributed by atoms with van der Waals surface area (Å²) in [5.74, 6) is -0.272. The van der Waals surface area contributed by atoms with E-state index < -0.39 is 0 Å². The van der Waals surface area contributed by atoms with Crippen LogP contribution in [0.15, 0.2) is 24.3 Å². The molecule has 1 atom stereocenters. The first-order chi connectivity index (χ1) is 9.31. The standard InChI is InChI=1S/C16H25FN2O/c1-16(2,3)11-14(19-15(20)5-4-10-18)12-6-8-13(17)9-7-12/h6-9,14H,4-5,10-11,18H2,1-3H3,(H,19,20). The second-order valence-electron chi connectivity index (χ2n) is 6.33. The highest BCUT2D eigenvalue weighted by Gasteiger charge is 2.21. The molecule has 1 aromatic carbocycles. The zero-order chi connectivity index (χ0) is 15.2. The van der Waals surface area contributed by atoms with E-state index in [4.69, 9.17) is 5.73 Å². The van der Waals surface area contributed by atoms with Crippen LogP contribution in [0.25, 0.3) is 0 Å². The van der Waals surface area contributed by atoms with Crippen molar-refractivity contribution >= 4 is 5.91 Å². The lowest BCUT2D eigenvalue weighted by Gasteiger charge is -2.27. The molecule has 1 unspecified atom stereocenters. The molecule has 0 aliphatic rings. The average molecular weight is 280 g/mol. The molecule has 1 rings (SSSR count). The van der Waals surface area contributed by atoms with Crippen molar-refractivity contribution in [3.8, 4) is 0 Å². The Morgan fingerprint density at radius 2 is 1.90 bits per heavy atom. The first-order valence-corrected chi connectivity index (χ1v) is 7.07. The van der Waals surface area contributed by atoms with Crippen molar-refractivity contribution in [1.82, 2.24) is 5.32 Å². The third-order valence-corrected chi connectivity index (χ3v) is 3.03. The van der Waals surface area contributed by atoms with Crippen molar-refractivity contribution in [3.63, 3.8) is 0 Å². The fourth-order valence-electron chi connectivity index (χ4n) is 2.09. The summed E-state index contributed by atoms with van der Waals surface area (Å²) in [5, 5.41) is 3.03. The van der Waals surface area contributed by atoms with E-state index in [0.29, 0.717) is 19.4 Å². The molecule has 0 saturated heterocycles. The Labute approximate surface area is 120 Å². The van der Waals surface area contributed by atoms with E-state index in [-0.39, 0.29) is 23.2 Å². The van der Waals surface area contributed by atoms with E-state index in [1.54, 1.807) is 12.1 Å². The van der Waals surface area contributed by atoms with E-state index in [2.05, 4.69) is 26.1 Å². The van der Waals surface area contributed by atoms with Gasteiger partial charge in [0.1, 0.15) is 5.82 Å². The molecule has 4 heteroatoms.